The molecule has 1 aromatic heterocycles. The highest BCUT2D eigenvalue weighted by molar-refractivity contribution is 6.30. The lowest BCUT2D eigenvalue weighted by Gasteiger charge is -2.20. The molecule has 5 rings (SSSR count). The second kappa shape index (κ2) is 7.30. The number of likely N-dealkylation sites (tertiary alicyclic amines) is 1. The first-order valence-electron chi connectivity index (χ1n) is 9.92. The van der Waals surface area contributed by atoms with E-state index in [4.69, 9.17) is 11.6 Å². The van der Waals surface area contributed by atoms with Crippen molar-refractivity contribution in [2.24, 2.45) is 11.8 Å². The van der Waals surface area contributed by atoms with Gasteiger partial charge in [-0.25, -0.2) is 9.18 Å². The Hall–Kier alpha value is -2.66. The Morgan fingerprint density at radius 2 is 1.79 bits per heavy atom. The van der Waals surface area contributed by atoms with Gasteiger partial charge in [-0.1, -0.05) is 11.6 Å². The van der Waals surface area contributed by atoms with Gasteiger partial charge in [-0.3, -0.25) is 4.98 Å². The Balaban J connectivity index is 1.27. The molecule has 1 aliphatic carbocycles. The first kappa shape index (κ1) is 18.4. The van der Waals surface area contributed by atoms with Gasteiger partial charge in [-0.15, -0.1) is 0 Å². The van der Waals surface area contributed by atoms with Crippen LogP contribution in [0.5, 0.6) is 0 Å². The molecule has 29 heavy (non-hydrogen) atoms. The van der Waals surface area contributed by atoms with Crippen LogP contribution in [0.4, 0.5) is 14.9 Å². The highest BCUT2D eigenvalue weighted by Gasteiger charge is 2.43. The number of fused-ring (bicyclic) bond motifs is 2. The lowest BCUT2D eigenvalue weighted by atomic mass is 9.93. The molecule has 6 heteroatoms. The van der Waals surface area contributed by atoms with Gasteiger partial charge in [0.25, 0.3) is 0 Å². The highest BCUT2D eigenvalue weighted by Crippen LogP contribution is 2.47. The third kappa shape index (κ3) is 3.55. The Labute approximate surface area is 173 Å². The molecule has 2 aromatic carbocycles. The first-order chi connectivity index (χ1) is 14.1. The smallest absolute Gasteiger partial charge is 0.321 e. The Morgan fingerprint density at radius 3 is 2.52 bits per heavy atom. The Kier molecular flexibility index (Phi) is 4.63. The van der Waals surface area contributed by atoms with Crippen molar-refractivity contribution in [3.05, 3.63) is 71.1 Å². The monoisotopic (exact) mass is 409 g/mol. The molecule has 1 saturated carbocycles. The summed E-state index contributed by atoms with van der Waals surface area (Å²) >= 11 is 5.90. The van der Waals surface area contributed by atoms with Gasteiger partial charge in [0.15, 0.2) is 0 Å². The number of nitrogens with one attached hydrogen (secondary N) is 1. The van der Waals surface area contributed by atoms with Crippen molar-refractivity contribution >= 4 is 34.2 Å². The molecule has 0 bridgehead atoms. The minimum Gasteiger partial charge on any atom is -0.324 e. The summed E-state index contributed by atoms with van der Waals surface area (Å²) in [6.45, 7) is 1.52. The van der Waals surface area contributed by atoms with E-state index in [-0.39, 0.29) is 11.8 Å². The number of aromatic nitrogens is 1. The van der Waals surface area contributed by atoms with Gasteiger partial charge >= 0.3 is 6.03 Å². The number of hydrogen-bond donors (Lipinski definition) is 1. The third-order valence-electron chi connectivity index (χ3n) is 6.31. The van der Waals surface area contributed by atoms with Crippen molar-refractivity contribution in [1.82, 2.24) is 9.88 Å². The van der Waals surface area contributed by atoms with E-state index < -0.39 is 0 Å². The normalized spacial score (nSPS) is 23.4. The maximum absolute atomic E-state index is 13.8. The van der Waals surface area contributed by atoms with E-state index in [1.54, 1.807) is 36.4 Å². The zero-order chi connectivity index (χ0) is 20.0. The van der Waals surface area contributed by atoms with Crippen molar-refractivity contribution in [3.63, 3.8) is 0 Å². The fraction of sp³-hybridized carbons (Fsp3) is 0.304. The lowest BCUT2D eigenvalue weighted by Crippen LogP contribution is -2.33. The van der Waals surface area contributed by atoms with Gasteiger partial charge in [0.1, 0.15) is 5.82 Å². The molecule has 0 radical (unpaired) electrons. The average molecular weight is 410 g/mol. The van der Waals surface area contributed by atoms with E-state index in [1.807, 2.05) is 17.2 Å². The molecule has 0 unspecified atom stereocenters. The first-order valence-corrected chi connectivity index (χ1v) is 10.3. The molecule has 1 aliphatic heterocycles. The van der Waals surface area contributed by atoms with Crippen LogP contribution in [-0.4, -0.2) is 29.0 Å². The van der Waals surface area contributed by atoms with Crippen LogP contribution in [-0.2, 0) is 0 Å². The van der Waals surface area contributed by atoms with Gasteiger partial charge in [0, 0.05) is 35.4 Å². The number of anilines is 1. The number of carbonyl (C=O) groups excluding carboxylic acids is 1. The molecule has 3 aromatic rings. The van der Waals surface area contributed by atoms with Crippen LogP contribution in [0, 0.1) is 17.7 Å². The molecule has 1 saturated heterocycles. The SMILES string of the molecule is O=C(Nc1ccc(Cl)cc1)N1C[C@H]2C[C@@H](c3ccnc4ccc(F)cc34)C[C@H]2C1. The summed E-state index contributed by atoms with van der Waals surface area (Å²) in [6, 6.07) is 13.9. The molecular weight excluding hydrogens is 389 g/mol. The fourth-order valence-corrected chi connectivity index (χ4v) is 5.08. The minimum absolute atomic E-state index is 0.0605. The molecule has 0 spiro atoms. The van der Waals surface area contributed by atoms with Crippen molar-refractivity contribution in [2.75, 3.05) is 18.4 Å². The summed E-state index contributed by atoms with van der Waals surface area (Å²) in [5.74, 6) is 1.12. The van der Waals surface area contributed by atoms with Crippen molar-refractivity contribution in [2.45, 2.75) is 18.8 Å². The van der Waals surface area contributed by atoms with E-state index >= 15 is 0 Å². The van der Waals surface area contributed by atoms with Crippen LogP contribution in [0.1, 0.15) is 24.3 Å². The standard InChI is InChI=1S/C23H21ClFN3O/c24-17-1-4-19(5-2-17)27-23(29)28-12-15-9-14(10-16(15)13-28)20-7-8-26-22-6-3-18(25)11-21(20)22/h1-8,11,14-16H,9-10,12-13H2,(H,27,29)/t14-,15-,16+. The van der Waals surface area contributed by atoms with E-state index in [2.05, 4.69) is 10.3 Å². The second-order valence-corrected chi connectivity index (χ2v) is 8.53. The summed E-state index contributed by atoms with van der Waals surface area (Å²) in [5, 5.41) is 4.51. The Morgan fingerprint density at radius 1 is 1.07 bits per heavy atom. The average Bonchev–Trinajstić information content (AvgIpc) is 3.28. The predicted octanol–water partition coefficient (Wildman–Crippen LogP) is 5.68. The molecule has 1 N–H and O–H groups in total. The number of halogens is 2. The molecule has 2 heterocycles. The predicted molar refractivity (Wildman–Crippen MR) is 113 cm³/mol. The molecule has 148 valence electrons. The summed E-state index contributed by atoms with van der Waals surface area (Å²) in [7, 11) is 0. The maximum atomic E-state index is 13.8. The lowest BCUT2D eigenvalue weighted by molar-refractivity contribution is 0.218. The molecule has 4 nitrogen and oxygen atoms in total. The topological polar surface area (TPSA) is 45.2 Å². The second-order valence-electron chi connectivity index (χ2n) is 8.09. The summed E-state index contributed by atoms with van der Waals surface area (Å²) in [5.41, 5.74) is 2.77. The Bertz CT molecular complexity index is 1060. The van der Waals surface area contributed by atoms with Gasteiger partial charge in [-0.2, -0.15) is 0 Å². The molecule has 2 amide bonds. The minimum atomic E-state index is -0.227. The molecule has 3 atom stereocenters. The maximum Gasteiger partial charge on any atom is 0.321 e. The zero-order valence-electron chi connectivity index (χ0n) is 15.8. The highest BCUT2D eigenvalue weighted by atomic mass is 35.5. The van der Waals surface area contributed by atoms with E-state index in [9.17, 15) is 9.18 Å². The van der Waals surface area contributed by atoms with Crippen molar-refractivity contribution in [1.29, 1.82) is 0 Å². The molecule has 2 aliphatic rings. The number of urea groups is 1. The largest absolute Gasteiger partial charge is 0.324 e. The quantitative estimate of drug-likeness (QED) is 0.591. The van der Waals surface area contributed by atoms with Crippen molar-refractivity contribution < 1.29 is 9.18 Å². The van der Waals surface area contributed by atoms with Crippen LogP contribution in [0.25, 0.3) is 10.9 Å². The third-order valence-corrected chi connectivity index (χ3v) is 6.56. The van der Waals surface area contributed by atoms with Crippen LogP contribution >= 0.6 is 11.6 Å². The number of pyridine rings is 1. The number of amides is 2. The van der Waals surface area contributed by atoms with E-state index in [0.717, 1.165) is 42.5 Å². The number of hydrogen-bond acceptors (Lipinski definition) is 2. The molecule has 2 fully saturated rings. The van der Waals surface area contributed by atoms with Crippen LogP contribution < -0.4 is 5.32 Å². The van der Waals surface area contributed by atoms with Crippen LogP contribution in [0.15, 0.2) is 54.7 Å². The van der Waals surface area contributed by atoms with E-state index in [0.29, 0.717) is 22.8 Å². The van der Waals surface area contributed by atoms with E-state index in [1.165, 1.54) is 11.6 Å². The number of nitrogens with zero attached hydrogens (tertiary/aromatic N) is 2. The number of rotatable bonds is 2. The van der Waals surface area contributed by atoms with Gasteiger partial charge in [0.05, 0.1) is 5.52 Å². The number of benzene rings is 2. The van der Waals surface area contributed by atoms with Crippen molar-refractivity contribution in [3.8, 4) is 0 Å². The fourth-order valence-electron chi connectivity index (χ4n) is 4.95. The summed E-state index contributed by atoms with van der Waals surface area (Å²) in [4.78, 5) is 18.9. The van der Waals surface area contributed by atoms with Crippen LogP contribution in [0.2, 0.25) is 5.02 Å². The van der Waals surface area contributed by atoms with Gasteiger partial charge in [0.2, 0.25) is 0 Å². The number of carbonyl (C=O) groups is 1. The zero-order valence-corrected chi connectivity index (χ0v) is 16.6. The van der Waals surface area contributed by atoms with Gasteiger partial charge in [-0.05, 0) is 84.7 Å². The van der Waals surface area contributed by atoms with Gasteiger partial charge < -0.3 is 10.2 Å². The summed E-state index contributed by atoms with van der Waals surface area (Å²) in [6.07, 6.45) is 3.85. The van der Waals surface area contributed by atoms with Crippen LogP contribution in [0.3, 0.4) is 0 Å². The molecular formula is C23H21ClFN3O. The summed E-state index contributed by atoms with van der Waals surface area (Å²) < 4.78 is 13.8.